The van der Waals surface area contributed by atoms with E-state index in [9.17, 15) is 4.79 Å². The van der Waals surface area contributed by atoms with Gasteiger partial charge in [0.1, 0.15) is 15.4 Å². The number of carbonyl (C=O) groups excluding carboxylic acids is 1. The molecule has 0 radical (unpaired) electrons. The molecule has 2 heterocycles. The van der Waals surface area contributed by atoms with Gasteiger partial charge in [-0.2, -0.15) is 0 Å². The molecule has 2 atom stereocenters. The molecule has 2 rings (SSSR count). The van der Waals surface area contributed by atoms with Crippen LogP contribution in [0.15, 0.2) is 16.7 Å². The van der Waals surface area contributed by atoms with Crippen molar-refractivity contribution in [1.82, 2.24) is 15.2 Å². The summed E-state index contributed by atoms with van der Waals surface area (Å²) in [6.45, 7) is 8.80. The van der Waals surface area contributed by atoms with Crippen molar-refractivity contribution in [3.8, 4) is 0 Å². The first-order valence-electron chi connectivity index (χ1n) is 7.21. The molecule has 7 heteroatoms. The minimum absolute atomic E-state index is 0.00642. The maximum absolute atomic E-state index is 12.3. The molecule has 1 fully saturated rings. The van der Waals surface area contributed by atoms with Gasteiger partial charge in [0.2, 0.25) is 0 Å². The molecule has 1 N–H and O–H groups in total. The SMILES string of the molecule is C[C@@H]1CN(C(=O)OC(C)(C)C)C[C@H](c2cc(Cl)nc(Br)c2)N1. The third kappa shape index (κ3) is 4.83. The fourth-order valence-corrected chi connectivity index (χ4v) is 3.21. The molecule has 0 bridgehead atoms. The molecule has 0 unspecified atom stereocenters. The highest BCUT2D eigenvalue weighted by Gasteiger charge is 2.31. The molecule has 1 saturated heterocycles. The van der Waals surface area contributed by atoms with Gasteiger partial charge in [0, 0.05) is 19.1 Å². The summed E-state index contributed by atoms with van der Waals surface area (Å²) >= 11 is 9.37. The van der Waals surface area contributed by atoms with E-state index in [-0.39, 0.29) is 18.2 Å². The number of ether oxygens (including phenoxy) is 1. The van der Waals surface area contributed by atoms with Crippen LogP contribution in [0.1, 0.15) is 39.3 Å². The first-order chi connectivity index (χ1) is 10.1. The quantitative estimate of drug-likeness (QED) is 0.742. The van der Waals surface area contributed by atoms with Gasteiger partial charge in [-0.3, -0.25) is 0 Å². The molecule has 1 aliphatic heterocycles. The number of rotatable bonds is 1. The predicted octanol–water partition coefficient (Wildman–Crippen LogP) is 3.77. The highest BCUT2D eigenvalue weighted by molar-refractivity contribution is 9.10. The fourth-order valence-electron chi connectivity index (χ4n) is 2.44. The van der Waals surface area contributed by atoms with Crippen LogP contribution in [0.4, 0.5) is 4.79 Å². The molecule has 1 aliphatic rings. The Balaban J connectivity index is 2.15. The zero-order valence-corrected chi connectivity index (χ0v) is 15.5. The largest absolute Gasteiger partial charge is 0.444 e. The highest BCUT2D eigenvalue weighted by Crippen LogP contribution is 2.25. The zero-order valence-electron chi connectivity index (χ0n) is 13.2. The summed E-state index contributed by atoms with van der Waals surface area (Å²) in [6, 6.07) is 3.88. The molecule has 1 amide bonds. The Kier molecular flexibility index (Phi) is 5.35. The predicted molar refractivity (Wildman–Crippen MR) is 90.1 cm³/mol. The summed E-state index contributed by atoms with van der Waals surface area (Å²) in [7, 11) is 0. The van der Waals surface area contributed by atoms with Crippen molar-refractivity contribution in [3.63, 3.8) is 0 Å². The van der Waals surface area contributed by atoms with Gasteiger partial charge in [-0.15, -0.1) is 0 Å². The average molecular weight is 391 g/mol. The second kappa shape index (κ2) is 6.72. The summed E-state index contributed by atoms with van der Waals surface area (Å²) in [5.41, 5.74) is 0.496. The number of nitrogens with zero attached hydrogens (tertiary/aromatic N) is 2. The monoisotopic (exact) mass is 389 g/mol. The summed E-state index contributed by atoms with van der Waals surface area (Å²) in [4.78, 5) is 18.1. The topological polar surface area (TPSA) is 54.5 Å². The Morgan fingerprint density at radius 1 is 1.45 bits per heavy atom. The molecule has 22 heavy (non-hydrogen) atoms. The van der Waals surface area contributed by atoms with Gasteiger partial charge < -0.3 is 15.0 Å². The number of hydrogen-bond acceptors (Lipinski definition) is 4. The third-order valence-corrected chi connectivity index (χ3v) is 3.82. The smallest absolute Gasteiger partial charge is 0.410 e. The number of piperazine rings is 1. The molecule has 1 aromatic heterocycles. The lowest BCUT2D eigenvalue weighted by atomic mass is 10.0. The normalized spacial score (nSPS) is 22.5. The zero-order chi connectivity index (χ0) is 16.5. The van der Waals surface area contributed by atoms with Crippen molar-refractivity contribution >= 4 is 33.6 Å². The van der Waals surface area contributed by atoms with Gasteiger partial charge in [-0.1, -0.05) is 11.6 Å². The van der Waals surface area contributed by atoms with Gasteiger partial charge >= 0.3 is 6.09 Å². The van der Waals surface area contributed by atoms with Gasteiger partial charge in [0.15, 0.2) is 0 Å². The first-order valence-corrected chi connectivity index (χ1v) is 8.38. The molecule has 0 aliphatic carbocycles. The Labute approximate surface area is 144 Å². The highest BCUT2D eigenvalue weighted by atomic mass is 79.9. The number of amides is 1. The molecule has 5 nitrogen and oxygen atoms in total. The molecule has 0 aromatic carbocycles. The van der Waals surface area contributed by atoms with Crippen LogP contribution in [0, 0.1) is 0 Å². The fraction of sp³-hybridized carbons (Fsp3) is 0.600. The lowest BCUT2D eigenvalue weighted by molar-refractivity contribution is 0.0159. The maximum atomic E-state index is 12.3. The Morgan fingerprint density at radius 2 is 2.14 bits per heavy atom. The van der Waals surface area contributed by atoms with Gasteiger partial charge in [0.05, 0.1) is 6.04 Å². The first kappa shape index (κ1) is 17.5. The van der Waals surface area contributed by atoms with Crippen LogP contribution in [0.25, 0.3) is 0 Å². The van der Waals surface area contributed by atoms with E-state index in [4.69, 9.17) is 16.3 Å². The second-order valence-corrected chi connectivity index (χ2v) is 7.75. The van der Waals surface area contributed by atoms with Crippen molar-refractivity contribution in [2.75, 3.05) is 13.1 Å². The van der Waals surface area contributed by atoms with Crippen LogP contribution in [-0.4, -0.2) is 40.7 Å². The van der Waals surface area contributed by atoms with E-state index in [1.165, 1.54) is 0 Å². The van der Waals surface area contributed by atoms with E-state index in [1.807, 2.05) is 39.8 Å². The van der Waals surface area contributed by atoms with Gasteiger partial charge in [0.25, 0.3) is 0 Å². The van der Waals surface area contributed by atoms with E-state index in [1.54, 1.807) is 4.90 Å². The van der Waals surface area contributed by atoms with Gasteiger partial charge in [-0.05, 0) is 61.3 Å². The summed E-state index contributed by atoms with van der Waals surface area (Å²) in [5, 5.41) is 3.90. The number of hydrogen-bond donors (Lipinski definition) is 1. The Morgan fingerprint density at radius 3 is 2.73 bits per heavy atom. The molecule has 122 valence electrons. The van der Waals surface area contributed by atoms with E-state index in [0.29, 0.717) is 22.8 Å². The third-order valence-electron chi connectivity index (χ3n) is 3.22. The summed E-state index contributed by atoms with van der Waals surface area (Å²) in [6.07, 6.45) is -0.287. The van der Waals surface area contributed by atoms with E-state index >= 15 is 0 Å². The van der Waals surface area contributed by atoms with Crippen LogP contribution in [0.5, 0.6) is 0 Å². The van der Waals surface area contributed by atoms with Crippen molar-refractivity contribution in [2.24, 2.45) is 0 Å². The number of nitrogens with one attached hydrogen (secondary N) is 1. The van der Waals surface area contributed by atoms with E-state index in [0.717, 1.165) is 5.56 Å². The van der Waals surface area contributed by atoms with E-state index in [2.05, 4.69) is 26.2 Å². The summed E-state index contributed by atoms with van der Waals surface area (Å²) < 4.78 is 6.15. The van der Waals surface area contributed by atoms with Crippen LogP contribution in [0.2, 0.25) is 5.15 Å². The average Bonchev–Trinajstić information content (AvgIpc) is 2.34. The molecular weight excluding hydrogens is 370 g/mol. The van der Waals surface area contributed by atoms with Crippen LogP contribution >= 0.6 is 27.5 Å². The summed E-state index contributed by atoms with van der Waals surface area (Å²) in [5.74, 6) is 0. The number of pyridine rings is 1. The van der Waals surface area contributed by atoms with Crippen molar-refractivity contribution in [3.05, 3.63) is 27.5 Å². The lowest BCUT2D eigenvalue weighted by Crippen LogP contribution is -2.53. The molecule has 0 spiro atoms. The molecule has 1 aromatic rings. The number of aromatic nitrogens is 1. The van der Waals surface area contributed by atoms with E-state index < -0.39 is 5.60 Å². The minimum atomic E-state index is -0.496. The maximum Gasteiger partial charge on any atom is 0.410 e. The van der Waals surface area contributed by atoms with Crippen molar-refractivity contribution in [2.45, 2.75) is 45.4 Å². The van der Waals surface area contributed by atoms with Crippen LogP contribution < -0.4 is 5.32 Å². The Hall–Kier alpha value is -0.850. The van der Waals surface area contributed by atoms with Crippen molar-refractivity contribution in [1.29, 1.82) is 0 Å². The van der Waals surface area contributed by atoms with Gasteiger partial charge in [-0.25, -0.2) is 9.78 Å². The molecular formula is C15H21BrClN3O2. The molecule has 0 saturated carbocycles. The lowest BCUT2D eigenvalue weighted by Gasteiger charge is -2.38. The van der Waals surface area contributed by atoms with Crippen molar-refractivity contribution < 1.29 is 9.53 Å². The van der Waals surface area contributed by atoms with Crippen LogP contribution in [-0.2, 0) is 4.74 Å². The minimum Gasteiger partial charge on any atom is -0.444 e. The standard InChI is InChI=1S/C15H21BrClN3O2/c1-9-7-20(14(21)22-15(2,3)4)8-11(18-9)10-5-12(16)19-13(17)6-10/h5-6,9,11,18H,7-8H2,1-4H3/t9-,11-/m1/s1. The Bertz CT molecular complexity index is 542. The number of carbonyl (C=O) groups is 1. The van der Waals surface area contributed by atoms with Crippen LogP contribution in [0.3, 0.4) is 0 Å². The number of halogens is 2. The second-order valence-electron chi connectivity index (χ2n) is 6.55.